The van der Waals surface area contributed by atoms with Crippen molar-refractivity contribution in [1.82, 2.24) is 9.78 Å². The Morgan fingerprint density at radius 1 is 1.39 bits per heavy atom. The fourth-order valence-electron chi connectivity index (χ4n) is 3.35. The van der Waals surface area contributed by atoms with Gasteiger partial charge in [-0.25, -0.2) is 0 Å². The van der Waals surface area contributed by atoms with E-state index in [1.807, 2.05) is 26.1 Å². The Morgan fingerprint density at radius 3 is 3.00 bits per heavy atom. The van der Waals surface area contributed by atoms with Gasteiger partial charge in [0.05, 0.1) is 12.8 Å². The number of aryl methyl sites for hydroxylation is 2. The van der Waals surface area contributed by atoms with Gasteiger partial charge in [0.2, 0.25) is 18.4 Å². The highest BCUT2D eigenvalue weighted by Gasteiger charge is 2.33. The van der Waals surface area contributed by atoms with Crippen molar-refractivity contribution in [1.29, 1.82) is 0 Å². The van der Waals surface area contributed by atoms with Crippen LogP contribution in [0.15, 0.2) is 12.1 Å². The average Bonchev–Trinajstić information content (AvgIpc) is 3.10. The van der Waals surface area contributed by atoms with E-state index < -0.39 is 0 Å². The Kier molecular flexibility index (Phi) is 2.97. The number of ether oxygens (including phenoxy) is 3. The molecule has 1 aromatic heterocycles. The Bertz CT molecular complexity index is 812. The molecule has 1 unspecified atom stereocenters. The summed E-state index contributed by atoms with van der Waals surface area (Å²) < 4.78 is 18.1. The summed E-state index contributed by atoms with van der Waals surface area (Å²) in [4.78, 5) is 12.1. The molecule has 1 atom stereocenters. The fraction of sp³-hybridized carbons (Fsp3) is 0.375. The second-order valence-electron chi connectivity index (χ2n) is 5.73. The maximum Gasteiger partial charge on any atom is 0.231 e. The molecule has 120 valence electrons. The second-order valence-corrected chi connectivity index (χ2v) is 5.73. The minimum Gasteiger partial charge on any atom is -0.493 e. The van der Waals surface area contributed by atoms with Crippen LogP contribution in [0.2, 0.25) is 0 Å². The molecule has 3 heterocycles. The number of amides is 1. The number of carbonyl (C=O) groups is 1. The van der Waals surface area contributed by atoms with Crippen LogP contribution in [0.25, 0.3) is 0 Å². The van der Waals surface area contributed by atoms with Gasteiger partial charge >= 0.3 is 0 Å². The largest absolute Gasteiger partial charge is 0.493 e. The summed E-state index contributed by atoms with van der Waals surface area (Å²) in [5, 5.41) is 7.34. The van der Waals surface area contributed by atoms with Crippen LogP contribution in [0.1, 0.15) is 29.2 Å². The summed E-state index contributed by atoms with van der Waals surface area (Å²) in [5.41, 5.74) is 2.90. The van der Waals surface area contributed by atoms with Crippen LogP contribution in [0.3, 0.4) is 0 Å². The lowest BCUT2D eigenvalue weighted by atomic mass is 9.85. The van der Waals surface area contributed by atoms with Crippen molar-refractivity contribution in [2.75, 3.05) is 19.2 Å². The predicted molar refractivity (Wildman–Crippen MR) is 82.2 cm³/mol. The number of methoxy groups -OCH3 is 1. The Balaban J connectivity index is 1.87. The molecule has 0 radical (unpaired) electrons. The number of aromatic nitrogens is 2. The van der Waals surface area contributed by atoms with Crippen LogP contribution in [0.4, 0.5) is 5.82 Å². The van der Waals surface area contributed by atoms with E-state index in [9.17, 15) is 4.79 Å². The van der Waals surface area contributed by atoms with E-state index in [-0.39, 0.29) is 18.6 Å². The van der Waals surface area contributed by atoms with Crippen LogP contribution < -0.4 is 19.5 Å². The highest BCUT2D eigenvalue weighted by molar-refractivity contribution is 5.94. The normalized spacial score (nSPS) is 18.6. The molecule has 2 aliphatic heterocycles. The Labute approximate surface area is 133 Å². The summed E-state index contributed by atoms with van der Waals surface area (Å²) >= 11 is 0. The van der Waals surface area contributed by atoms with E-state index >= 15 is 0 Å². The first-order valence-corrected chi connectivity index (χ1v) is 7.39. The van der Waals surface area contributed by atoms with Crippen molar-refractivity contribution >= 4 is 11.7 Å². The second kappa shape index (κ2) is 4.91. The summed E-state index contributed by atoms with van der Waals surface area (Å²) in [7, 11) is 3.42. The molecule has 2 aromatic rings. The molecule has 0 fully saturated rings. The number of rotatable bonds is 2. The lowest BCUT2D eigenvalue weighted by molar-refractivity contribution is -0.116. The Morgan fingerprint density at radius 2 is 2.22 bits per heavy atom. The minimum atomic E-state index is -0.0872. The van der Waals surface area contributed by atoms with Gasteiger partial charge in [0.1, 0.15) is 5.82 Å². The third-order valence-corrected chi connectivity index (χ3v) is 4.35. The highest BCUT2D eigenvalue weighted by Crippen LogP contribution is 2.47. The van der Waals surface area contributed by atoms with E-state index in [1.165, 1.54) is 0 Å². The lowest BCUT2D eigenvalue weighted by Gasteiger charge is -2.24. The van der Waals surface area contributed by atoms with Gasteiger partial charge in [-0.3, -0.25) is 9.48 Å². The van der Waals surface area contributed by atoms with E-state index in [4.69, 9.17) is 14.2 Å². The first kappa shape index (κ1) is 13.9. The van der Waals surface area contributed by atoms with Gasteiger partial charge in [-0.15, -0.1) is 0 Å². The molecule has 2 aliphatic rings. The fourth-order valence-corrected chi connectivity index (χ4v) is 3.35. The predicted octanol–water partition coefficient (Wildman–Crippen LogP) is 1.94. The number of nitrogens with zero attached hydrogens (tertiary/aromatic N) is 2. The number of benzene rings is 1. The van der Waals surface area contributed by atoms with Crippen LogP contribution >= 0.6 is 0 Å². The smallest absolute Gasteiger partial charge is 0.231 e. The molecule has 7 nitrogen and oxygen atoms in total. The minimum absolute atomic E-state index is 0.0258. The molecular formula is C16H17N3O4. The zero-order valence-corrected chi connectivity index (χ0v) is 13.2. The van der Waals surface area contributed by atoms with Crippen molar-refractivity contribution in [3.63, 3.8) is 0 Å². The number of anilines is 1. The van der Waals surface area contributed by atoms with Gasteiger partial charge < -0.3 is 19.5 Å². The SMILES string of the molecule is COc1cc(C2CC(=O)Nc3c2c(C)nn3C)cc2c1OCO2. The van der Waals surface area contributed by atoms with Gasteiger partial charge in [-0.2, -0.15) is 5.10 Å². The summed E-state index contributed by atoms with van der Waals surface area (Å²) in [6, 6.07) is 3.83. The van der Waals surface area contributed by atoms with Crippen molar-refractivity contribution in [3.8, 4) is 17.2 Å². The molecule has 1 aromatic carbocycles. The topological polar surface area (TPSA) is 74.6 Å². The maximum absolute atomic E-state index is 12.1. The maximum atomic E-state index is 12.1. The number of hydrogen-bond acceptors (Lipinski definition) is 5. The van der Waals surface area contributed by atoms with E-state index in [1.54, 1.807) is 11.8 Å². The molecule has 0 bridgehead atoms. The first-order chi connectivity index (χ1) is 11.1. The number of hydrogen-bond donors (Lipinski definition) is 1. The van der Waals surface area contributed by atoms with E-state index in [2.05, 4.69) is 10.4 Å². The van der Waals surface area contributed by atoms with Gasteiger partial charge in [-0.05, 0) is 24.6 Å². The number of carbonyl (C=O) groups excluding carboxylic acids is 1. The Hall–Kier alpha value is -2.70. The van der Waals surface area contributed by atoms with Crippen molar-refractivity contribution < 1.29 is 19.0 Å². The van der Waals surface area contributed by atoms with Crippen LogP contribution in [0, 0.1) is 6.92 Å². The molecule has 1 N–H and O–H groups in total. The summed E-state index contributed by atoms with van der Waals surface area (Å²) in [6.07, 6.45) is 0.363. The van der Waals surface area contributed by atoms with Gasteiger partial charge in [0.15, 0.2) is 11.5 Å². The van der Waals surface area contributed by atoms with Crippen molar-refractivity contribution in [2.24, 2.45) is 7.05 Å². The lowest BCUT2D eigenvalue weighted by Crippen LogP contribution is -2.24. The summed E-state index contributed by atoms with van der Waals surface area (Å²) in [5.74, 6) is 2.51. The van der Waals surface area contributed by atoms with Crippen molar-refractivity contribution in [3.05, 3.63) is 29.0 Å². The molecule has 4 rings (SSSR count). The zero-order chi connectivity index (χ0) is 16.1. The number of nitrogens with one attached hydrogen (secondary N) is 1. The third kappa shape index (κ3) is 2.03. The standard InChI is InChI=1S/C16H17N3O4/c1-8-14-10(6-13(20)17-16(14)19(2)18-8)9-4-11(21-3)15-12(5-9)22-7-23-15/h4-5,10H,6-7H2,1-3H3,(H,17,20). The number of fused-ring (bicyclic) bond motifs is 2. The molecular weight excluding hydrogens is 298 g/mol. The first-order valence-electron chi connectivity index (χ1n) is 7.39. The summed E-state index contributed by atoms with van der Waals surface area (Å²) in [6.45, 7) is 2.13. The molecule has 0 spiro atoms. The highest BCUT2D eigenvalue weighted by atomic mass is 16.7. The molecule has 0 saturated heterocycles. The van der Waals surface area contributed by atoms with Gasteiger partial charge in [0.25, 0.3) is 0 Å². The molecule has 7 heteroatoms. The quantitative estimate of drug-likeness (QED) is 0.916. The molecule has 1 amide bonds. The monoisotopic (exact) mass is 315 g/mol. The van der Waals surface area contributed by atoms with Crippen LogP contribution in [0.5, 0.6) is 17.2 Å². The van der Waals surface area contributed by atoms with E-state index in [0.717, 1.165) is 22.6 Å². The van der Waals surface area contributed by atoms with Crippen LogP contribution in [-0.4, -0.2) is 29.6 Å². The zero-order valence-electron chi connectivity index (χ0n) is 13.2. The van der Waals surface area contributed by atoms with Gasteiger partial charge in [-0.1, -0.05) is 0 Å². The van der Waals surface area contributed by atoms with Crippen molar-refractivity contribution in [2.45, 2.75) is 19.3 Å². The molecule has 0 saturated carbocycles. The van der Waals surface area contributed by atoms with Crippen LogP contribution in [-0.2, 0) is 11.8 Å². The van der Waals surface area contributed by atoms with Gasteiger partial charge in [0, 0.05) is 24.9 Å². The molecule has 0 aliphatic carbocycles. The third-order valence-electron chi connectivity index (χ3n) is 4.35. The van der Waals surface area contributed by atoms with E-state index in [0.29, 0.717) is 23.7 Å². The average molecular weight is 315 g/mol. The molecule has 23 heavy (non-hydrogen) atoms.